The summed E-state index contributed by atoms with van der Waals surface area (Å²) < 4.78 is 0. The first kappa shape index (κ1) is 16.5. The molecule has 2 amide bonds. The van der Waals surface area contributed by atoms with Crippen LogP contribution in [0.1, 0.15) is 72.6 Å². The van der Waals surface area contributed by atoms with Gasteiger partial charge in [-0.05, 0) is 31.1 Å². The van der Waals surface area contributed by atoms with Crippen LogP contribution in [0.2, 0.25) is 0 Å². The van der Waals surface area contributed by atoms with Crippen molar-refractivity contribution >= 4 is 11.8 Å². The highest BCUT2D eigenvalue weighted by Crippen LogP contribution is 2.36. The van der Waals surface area contributed by atoms with Crippen LogP contribution < -0.4 is 5.32 Å². The minimum Gasteiger partial charge on any atom is -0.302 e. The van der Waals surface area contributed by atoms with Crippen molar-refractivity contribution in [1.29, 1.82) is 0 Å². The van der Waals surface area contributed by atoms with E-state index in [1.54, 1.807) is 0 Å². The van der Waals surface area contributed by atoms with Crippen LogP contribution in [-0.2, 0) is 9.59 Å². The van der Waals surface area contributed by atoms with E-state index in [2.05, 4.69) is 19.2 Å². The largest absolute Gasteiger partial charge is 0.302 e. The van der Waals surface area contributed by atoms with Crippen molar-refractivity contribution in [3.63, 3.8) is 0 Å². The number of nitrogens with one attached hydrogen (secondary N) is 1. The minimum absolute atomic E-state index is 0.000171. The molecule has 0 aromatic rings. The van der Waals surface area contributed by atoms with Crippen molar-refractivity contribution in [1.82, 2.24) is 10.2 Å². The molecule has 1 aliphatic heterocycles. The standard InChI is InChI=1S/C17H30N2O2/c1-5-12(6-2)19-15(20)11-13(16(19)21)18-14-9-7-8-10-17(14,3)4/h12-14,18H,5-11H2,1-4H3. The predicted molar refractivity (Wildman–Crippen MR) is 83.8 cm³/mol. The average molecular weight is 294 g/mol. The van der Waals surface area contributed by atoms with Crippen molar-refractivity contribution in [2.75, 3.05) is 0 Å². The van der Waals surface area contributed by atoms with Gasteiger partial charge < -0.3 is 5.32 Å². The van der Waals surface area contributed by atoms with Gasteiger partial charge in [-0.2, -0.15) is 0 Å². The molecule has 0 spiro atoms. The molecular weight excluding hydrogens is 264 g/mol. The van der Waals surface area contributed by atoms with Gasteiger partial charge in [0, 0.05) is 12.1 Å². The van der Waals surface area contributed by atoms with E-state index in [9.17, 15) is 9.59 Å². The summed E-state index contributed by atoms with van der Waals surface area (Å²) in [6.45, 7) is 8.62. The molecule has 0 aromatic heterocycles. The lowest BCUT2D eigenvalue weighted by Crippen LogP contribution is -2.51. The van der Waals surface area contributed by atoms with Gasteiger partial charge in [0.2, 0.25) is 11.8 Å². The highest BCUT2D eigenvalue weighted by atomic mass is 16.2. The Bertz CT molecular complexity index is 402. The summed E-state index contributed by atoms with van der Waals surface area (Å²) in [4.78, 5) is 26.3. The van der Waals surface area contributed by atoms with Crippen LogP contribution in [0, 0.1) is 5.41 Å². The number of imide groups is 1. The van der Waals surface area contributed by atoms with Crippen molar-refractivity contribution in [3.8, 4) is 0 Å². The summed E-state index contributed by atoms with van der Waals surface area (Å²) in [6.07, 6.45) is 6.80. The fourth-order valence-corrected chi connectivity index (χ4v) is 3.86. The fourth-order valence-electron chi connectivity index (χ4n) is 3.86. The number of hydrogen-bond acceptors (Lipinski definition) is 3. The predicted octanol–water partition coefficient (Wildman–Crippen LogP) is 2.86. The first-order valence-corrected chi connectivity index (χ1v) is 8.52. The summed E-state index contributed by atoms with van der Waals surface area (Å²) in [5, 5.41) is 3.51. The Morgan fingerprint density at radius 1 is 1.24 bits per heavy atom. The molecule has 2 aliphatic rings. The van der Waals surface area contributed by atoms with Crippen molar-refractivity contribution in [3.05, 3.63) is 0 Å². The number of amides is 2. The Balaban J connectivity index is 2.05. The van der Waals surface area contributed by atoms with E-state index < -0.39 is 0 Å². The summed E-state index contributed by atoms with van der Waals surface area (Å²) in [6, 6.07) is 0.103. The fraction of sp³-hybridized carbons (Fsp3) is 0.882. The maximum absolute atomic E-state index is 12.6. The number of hydrogen-bond donors (Lipinski definition) is 1. The average Bonchev–Trinajstić information content (AvgIpc) is 2.70. The lowest BCUT2D eigenvalue weighted by atomic mass is 9.73. The number of rotatable bonds is 5. The van der Waals surface area contributed by atoms with Gasteiger partial charge in [-0.1, -0.05) is 40.5 Å². The maximum atomic E-state index is 12.6. The lowest BCUT2D eigenvalue weighted by molar-refractivity contribution is -0.141. The Kier molecular flexibility index (Phi) is 5.07. The molecule has 0 bridgehead atoms. The molecule has 4 nitrogen and oxygen atoms in total. The molecule has 1 aliphatic carbocycles. The third-order valence-electron chi connectivity index (χ3n) is 5.40. The van der Waals surface area contributed by atoms with Gasteiger partial charge in [0.15, 0.2) is 0 Å². The van der Waals surface area contributed by atoms with Gasteiger partial charge in [0.05, 0.1) is 12.5 Å². The van der Waals surface area contributed by atoms with E-state index in [4.69, 9.17) is 0 Å². The van der Waals surface area contributed by atoms with Crippen LogP contribution in [-0.4, -0.2) is 34.8 Å². The van der Waals surface area contributed by atoms with Crippen LogP contribution in [0.15, 0.2) is 0 Å². The Labute approximate surface area is 128 Å². The molecule has 0 radical (unpaired) electrons. The summed E-state index contributed by atoms with van der Waals surface area (Å²) in [7, 11) is 0. The number of carbonyl (C=O) groups excluding carboxylic acids is 2. The molecular formula is C17H30N2O2. The van der Waals surface area contributed by atoms with Crippen LogP contribution >= 0.6 is 0 Å². The Hall–Kier alpha value is -0.900. The van der Waals surface area contributed by atoms with Crippen LogP contribution in [0.5, 0.6) is 0 Å². The van der Waals surface area contributed by atoms with Crippen molar-refractivity contribution in [2.24, 2.45) is 5.41 Å². The topological polar surface area (TPSA) is 49.4 Å². The summed E-state index contributed by atoms with van der Waals surface area (Å²) in [5.41, 5.74) is 0.212. The molecule has 2 fully saturated rings. The highest BCUT2D eigenvalue weighted by molar-refractivity contribution is 6.05. The molecule has 4 heteroatoms. The van der Waals surface area contributed by atoms with E-state index in [1.165, 1.54) is 24.2 Å². The molecule has 0 aromatic carbocycles. The van der Waals surface area contributed by atoms with E-state index >= 15 is 0 Å². The molecule has 1 N–H and O–H groups in total. The molecule has 120 valence electrons. The van der Waals surface area contributed by atoms with Gasteiger partial charge in [-0.25, -0.2) is 0 Å². The smallest absolute Gasteiger partial charge is 0.247 e. The second-order valence-corrected chi connectivity index (χ2v) is 7.28. The van der Waals surface area contributed by atoms with Crippen molar-refractivity contribution in [2.45, 2.75) is 90.8 Å². The number of nitrogens with zero attached hydrogens (tertiary/aromatic N) is 1. The van der Waals surface area contributed by atoms with Gasteiger partial charge >= 0.3 is 0 Å². The molecule has 2 rings (SSSR count). The van der Waals surface area contributed by atoms with Crippen molar-refractivity contribution < 1.29 is 9.59 Å². The lowest BCUT2D eigenvalue weighted by Gasteiger charge is -2.40. The van der Waals surface area contributed by atoms with Gasteiger partial charge in [0.1, 0.15) is 0 Å². The third kappa shape index (κ3) is 3.31. The van der Waals surface area contributed by atoms with E-state index in [0.717, 1.165) is 19.3 Å². The first-order valence-electron chi connectivity index (χ1n) is 8.52. The second kappa shape index (κ2) is 6.47. The molecule has 21 heavy (non-hydrogen) atoms. The zero-order valence-corrected chi connectivity index (χ0v) is 13.9. The molecule has 2 atom stereocenters. The van der Waals surface area contributed by atoms with Crippen LogP contribution in [0.4, 0.5) is 0 Å². The van der Waals surface area contributed by atoms with E-state index in [1.807, 2.05) is 13.8 Å². The number of carbonyl (C=O) groups is 2. The van der Waals surface area contributed by atoms with E-state index in [-0.39, 0.29) is 29.3 Å². The first-order chi connectivity index (χ1) is 9.90. The molecule has 1 saturated carbocycles. The quantitative estimate of drug-likeness (QED) is 0.793. The molecule has 2 unspecified atom stereocenters. The summed E-state index contributed by atoms with van der Waals surface area (Å²) in [5.74, 6) is -0.00473. The number of likely N-dealkylation sites (tertiary alicyclic amines) is 1. The molecule has 1 heterocycles. The minimum atomic E-state index is -0.305. The van der Waals surface area contributed by atoms with Crippen LogP contribution in [0.3, 0.4) is 0 Å². The van der Waals surface area contributed by atoms with Gasteiger partial charge in [0.25, 0.3) is 0 Å². The van der Waals surface area contributed by atoms with E-state index in [0.29, 0.717) is 12.5 Å². The third-order valence-corrected chi connectivity index (χ3v) is 5.40. The highest BCUT2D eigenvalue weighted by Gasteiger charge is 2.44. The van der Waals surface area contributed by atoms with Crippen LogP contribution in [0.25, 0.3) is 0 Å². The Morgan fingerprint density at radius 3 is 2.48 bits per heavy atom. The molecule has 1 saturated heterocycles. The zero-order chi connectivity index (χ0) is 15.6. The van der Waals surface area contributed by atoms with Gasteiger partial charge in [-0.3, -0.25) is 14.5 Å². The second-order valence-electron chi connectivity index (χ2n) is 7.28. The summed E-state index contributed by atoms with van der Waals surface area (Å²) >= 11 is 0. The SMILES string of the molecule is CCC(CC)N1C(=O)CC(NC2CCCCC2(C)C)C1=O. The monoisotopic (exact) mass is 294 g/mol. The maximum Gasteiger partial charge on any atom is 0.247 e. The Morgan fingerprint density at radius 2 is 1.90 bits per heavy atom. The van der Waals surface area contributed by atoms with Gasteiger partial charge in [-0.15, -0.1) is 0 Å². The normalized spacial score (nSPS) is 29.5. The zero-order valence-electron chi connectivity index (χ0n) is 13.9.